The molecule has 1 N–H and O–H groups in total. The van der Waals surface area contributed by atoms with E-state index in [4.69, 9.17) is 11.6 Å². The minimum atomic E-state index is -0.398. The molecule has 0 spiro atoms. The van der Waals surface area contributed by atoms with E-state index >= 15 is 0 Å². The highest BCUT2D eigenvalue weighted by Crippen LogP contribution is 2.30. The van der Waals surface area contributed by atoms with Gasteiger partial charge in [0.25, 0.3) is 11.8 Å². The van der Waals surface area contributed by atoms with Crippen LogP contribution in [-0.2, 0) is 10.5 Å². The van der Waals surface area contributed by atoms with Crippen LogP contribution in [0.1, 0.15) is 26.3 Å². The fourth-order valence-corrected chi connectivity index (χ4v) is 4.31. The first-order valence-electron chi connectivity index (χ1n) is 9.23. The molecule has 30 heavy (non-hydrogen) atoms. The van der Waals surface area contributed by atoms with Gasteiger partial charge in [-0.25, -0.2) is 4.90 Å². The zero-order valence-electron chi connectivity index (χ0n) is 15.8. The molecule has 0 atom stereocenters. The summed E-state index contributed by atoms with van der Waals surface area (Å²) in [4.78, 5) is 38.9. The number of hydrogen-bond acceptors (Lipinski definition) is 4. The summed E-state index contributed by atoms with van der Waals surface area (Å²) in [5, 5.41) is 3.46. The molecule has 0 aliphatic carbocycles. The Balaban J connectivity index is 1.41. The van der Waals surface area contributed by atoms with Gasteiger partial charge >= 0.3 is 0 Å². The number of rotatable bonds is 6. The van der Waals surface area contributed by atoms with Crippen molar-refractivity contribution in [1.29, 1.82) is 0 Å². The topological polar surface area (TPSA) is 66.5 Å². The van der Waals surface area contributed by atoms with Gasteiger partial charge in [-0.3, -0.25) is 14.4 Å². The first kappa shape index (κ1) is 20.2. The van der Waals surface area contributed by atoms with E-state index in [1.54, 1.807) is 42.5 Å². The predicted octanol–water partition coefficient (Wildman–Crippen LogP) is 5.01. The van der Waals surface area contributed by atoms with Crippen LogP contribution in [-0.4, -0.2) is 23.5 Å². The van der Waals surface area contributed by atoms with Crippen molar-refractivity contribution in [3.05, 3.63) is 94.5 Å². The molecule has 1 aliphatic rings. The van der Waals surface area contributed by atoms with Gasteiger partial charge in [-0.15, -0.1) is 11.8 Å². The number of amides is 3. The lowest BCUT2D eigenvalue weighted by atomic mass is 10.1. The minimum absolute atomic E-state index is 0.191. The third-order valence-corrected chi connectivity index (χ3v) is 5.98. The van der Waals surface area contributed by atoms with Crippen LogP contribution in [0.4, 0.5) is 11.4 Å². The second-order valence-electron chi connectivity index (χ2n) is 6.67. The van der Waals surface area contributed by atoms with E-state index in [1.165, 1.54) is 11.8 Å². The standard InChI is InChI=1S/C23H17ClN2O3S/c24-20-9-5-4-6-15(20)13-30-14-21(27)25-16-10-11-18-19(12-16)23(29)26(22(18)28)17-7-2-1-3-8-17/h1-12H,13-14H2,(H,25,27). The van der Waals surface area contributed by atoms with Crippen LogP contribution < -0.4 is 10.2 Å². The highest BCUT2D eigenvalue weighted by atomic mass is 35.5. The SMILES string of the molecule is O=C(CSCc1ccccc1Cl)Nc1ccc2c(c1)C(=O)N(c1ccccc1)C2=O. The third-order valence-electron chi connectivity index (χ3n) is 4.63. The summed E-state index contributed by atoms with van der Waals surface area (Å²) in [6, 6.07) is 21.0. The largest absolute Gasteiger partial charge is 0.325 e. The summed E-state index contributed by atoms with van der Waals surface area (Å²) in [5.74, 6) is -0.0924. The van der Waals surface area contributed by atoms with E-state index in [2.05, 4.69) is 5.32 Å². The number of carbonyl (C=O) groups excluding carboxylic acids is 3. The van der Waals surface area contributed by atoms with Crippen LogP contribution in [0.5, 0.6) is 0 Å². The summed E-state index contributed by atoms with van der Waals surface area (Å²) in [6.07, 6.45) is 0. The lowest BCUT2D eigenvalue weighted by Gasteiger charge is -2.13. The maximum atomic E-state index is 12.8. The van der Waals surface area contributed by atoms with Crippen molar-refractivity contribution in [2.24, 2.45) is 0 Å². The second kappa shape index (κ2) is 8.73. The first-order valence-corrected chi connectivity index (χ1v) is 10.8. The summed E-state index contributed by atoms with van der Waals surface area (Å²) in [5.41, 5.74) is 2.58. The van der Waals surface area contributed by atoms with Gasteiger partial charge in [0.05, 0.1) is 22.6 Å². The Bertz CT molecular complexity index is 1130. The first-order chi connectivity index (χ1) is 14.5. The second-order valence-corrected chi connectivity index (χ2v) is 8.07. The van der Waals surface area contributed by atoms with Crippen molar-refractivity contribution in [3.8, 4) is 0 Å². The zero-order valence-corrected chi connectivity index (χ0v) is 17.4. The van der Waals surface area contributed by atoms with Gasteiger partial charge in [-0.1, -0.05) is 48.0 Å². The molecule has 3 aromatic rings. The molecule has 0 saturated heterocycles. The maximum Gasteiger partial charge on any atom is 0.266 e. The fourth-order valence-electron chi connectivity index (χ4n) is 3.20. The molecule has 0 bridgehead atoms. The van der Waals surface area contributed by atoms with Gasteiger partial charge in [0.1, 0.15) is 0 Å². The van der Waals surface area contributed by atoms with Crippen LogP contribution in [0.25, 0.3) is 0 Å². The van der Waals surface area contributed by atoms with Crippen molar-refractivity contribution in [2.45, 2.75) is 5.75 Å². The van der Waals surface area contributed by atoms with Crippen molar-refractivity contribution in [2.75, 3.05) is 16.0 Å². The fraction of sp³-hybridized carbons (Fsp3) is 0.0870. The molecule has 3 amide bonds. The molecule has 0 fully saturated rings. The number of carbonyl (C=O) groups is 3. The Morgan fingerprint density at radius 1 is 0.900 bits per heavy atom. The Morgan fingerprint density at radius 3 is 2.37 bits per heavy atom. The summed E-state index contributed by atoms with van der Waals surface area (Å²) in [6.45, 7) is 0. The molecule has 3 aromatic carbocycles. The molecule has 0 radical (unpaired) electrons. The average molecular weight is 437 g/mol. The minimum Gasteiger partial charge on any atom is -0.325 e. The Labute approximate surface area is 183 Å². The number of benzene rings is 3. The van der Waals surface area contributed by atoms with Crippen LogP contribution in [0.2, 0.25) is 5.02 Å². The molecular weight excluding hydrogens is 420 g/mol. The van der Waals surface area contributed by atoms with Gasteiger partial charge in [-0.2, -0.15) is 0 Å². The number of halogens is 1. The van der Waals surface area contributed by atoms with E-state index in [0.717, 1.165) is 10.5 Å². The van der Waals surface area contributed by atoms with E-state index in [1.807, 2.05) is 30.3 Å². The van der Waals surface area contributed by atoms with Crippen LogP contribution >= 0.6 is 23.4 Å². The van der Waals surface area contributed by atoms with Crippen molar-refractivity contribution < 1.29 is 14.4 Å². The van der Waals surface area contributed by atoms with Crippen LogP contribution in [0, 0.1) is 0 Å². The summed E-state index contributed by atoms with van der Waals surface area (Å²) in [7, 11) is 0. The number of para-hydroxylation sites is 1. The molecule has 0 unspecified atom stereocenters. The summed E-state index contributed by atoms with van der Waals surface area (Å²) >= 11 is 7.57. The lowest BCUT2D eigenvalue weighted by molar-refractivity contribution is -0.113. The maximum absolute atomic E-state index is 12.8. The molecule has 1 heterocycles. The number of nitrogens with one attached hydrogen (secondary N) is 1. The monoisotopic (exact) mass is 436 g/mol. The van der Waals surface area contributed by atoms with E-state index < -0.39 is 5.91 Å². The number of hydrogen-bond donors (Lipinski definition) is 1. The molecule has 0 aromatic heterocycles. The lowest BCUT2D eigenvalue weighted by Crippen LogP contribution is -2.29. The normalized spacial score (nSPS) is 12.8. The Morgan fingerprint density at radius 2 is 1.60 bits per heavy atom. The quantitative estimate of drug-likeness (QED) is 0.551. The molecule has 0 saturated carbocycles. The molecule has 4 rings (SSSR count). The molecule has 5 nitrogen and oxygen atoms in total. The smallest absolute Gasteiger partial charge is 0.266 e. The van der Waals surface area contributed by atoms with Gasteiger partial charge < -0.3 is 5.32 Å². The Hall–Kier alpha value is -3.09. The zero-order chi connectivity index (χ0) is 21.1. The highest BCUT2D eigenvalue weighted by molar-refractivity contribution is 7.99. The number of fused-ring (bicyclic) bond motifs is 1. The third kappa shape index (κ3) is 4.10. The van der Waals surface area contributed by atoms with Gasteiger partial charge in [0.2, 0.25) is 5.91 Å². The molecule has 1 aliphatic heterocycles. The number of imide groups is 1. The number of nitrogens with zero attached hydrogens (tertiary/aromatic N) is 1. The Kier molecular flexibility index (Phi) is 5.88. The van der Waals surface area contributed by atoms with E-state index in [9.17, 15) is 14.4 Å². The van der Waals surface area contributed by atoms with Crippen LogP contribution in [0.3, 0.4) is 0 Å². The van der Waals surface area contributed by atoms with E-state index in [0.29, 0.717) is 27.7 Å². The molecular formula is C23H17ClN2O3S. The predicted molar refractivity (Wildman–Crippen MR) is 120 cm³/mol. The number of thioether (sulfide) groups is 1. The van der Waals surface area contributed by atoms with Gasteiger partial charge in [0.15, 0.2) is 0 Å². The number of anilines is 2. The van der Waals surface area contributed by atoms with Gasteiger partial charge in [-0.05, 0) is 42.0 Å². The van der Waals surface area contributed by atoms with Crippen molar-refractivity contribution in [3.63, 3.8) is 0 Å². The summed E-state index contributed by atoms with van der Waals surface area (Å²) < 4.78 is 0. The molecule has 7 heteroatoms. The van der Waals surface area contributed by atoms with Crippen LogP contribution in [0.15, 0.2) is 72.8 Å². The average Bonchev–Trinajstić information content (AvgIpc) is 3.00. The molecule has 150 valence electrons. The highest BCUT2D eigenvalue weighted by Gasteiger charge is 2.36. The van der Waals surface area contributed by atoms with Crippen molar-refractivity contribution >= 4 is 52.5 Å². The van der Waals surface area contributed by atoms with Gasteiger partial charge in [0, 0.05) is 16.5 Å². The van der Waals surface area contributed by atoms with E-state index in [-0.39, 0.29) is 23.1 Å². The van der Waals surface area contributed by atoms with Crippen molar-refractivity contribution in [1.82, 2.24) is 0 Å².